The molecule has 0 bridgehead atoms. The number of piperazine rings is 1. The summed E-state index contributed by atoms with van der Waals surface area (Å²) < 4.78 is 0. The minimum atomic E-state index is -0.326. The van der Waals surface area contributed by atoms with E-state index in [0.717, 1.165) is 32.0 Å². The smallest absolute Gasteiger partial charge is 0.259 e. The molecule has 0 aromatic carbocycles. The van der Waals surface area contributed by atoms with Gasteiger partial charge in [-0.25, -0.2) is 15.0 Å². The minimum Gasteiger partial charge on any atom is -0.354 e. The van der Waals surface area contributed by atoms with Gasteiger partial charge in [0.25, 0.3) is 5.91 Å². The van der Waals surface area contributed by atoms with E-state index in [1.807, 2.05) is 18.2 Å². The van der Waals surface area contributed by atoms with E-state index in [4.69, 9.17) is 0 Å². The van der Waals surface area contributed by atoms with Gasteiger partial charge >= 0.3 is 0 Å². The number of hydrogen-bond donors (Lipinski definition) is 2. The van der Waals surface area contributed by atoms with E-state index in [0.29, 0.717) is 17.1 Å². The SMILES string of the molecule is O=C(Nc1ncnc(-c2ccccn2)n1)c1ccc(N2CCNCC2)nc1. The summed E-state index contributed by atoms with van der Waals surface area (Å²) in [5.41, 5.74) is 1.05. The fraction of sp³-hybridized carbons (Fsp3) is 0.222. The largest absolute Gasteiger partial charge is 0.354 e. The average Bonchev–Trinajstić information content (AvgIpc) is 2.75. The summed E-state index contributed by atoms with van der Waals surface area (Å²) in [5, 5.41) is 5.98. The van der Waals surface area contributed by atoms with E-state index in [9.17, 15) is 4.79 Å². The van der Waals surface area contributed by atoms with Gasteiger partial charge in [-0.3, -0.25) is 15.1 Å². The highest BCUT2D eigenvalue weighted by atomic mass is 16.1. The van der Waals surface area contributed by atoms with Crippen molar-refractivity contribution >= 4 is 17.7 Å². The Morgan fingerprint density at radius 1 is 1.04 bits per heavy atom. The third kappa shape index (κ3) is 4.04. The molecule has 0 spiro atoms. The van der Waals surface area contributed by atoms with Crippen molar-refractivity contribution in [3.05, 3.63) is 54.6 Å². The van der Waals surface area contributed by atoms with Crippen LogP contribution < -0.4 is 15.5 Å². The topological polar surface area (TPSA) is 109 Å². The third-order valence-electron chi connectivity index (χ3n) is 4.14. The molecule has 1 saturated heterocycles. The van der Waals surface area contributed by atoms with Crippen LogP contribution >= 0.6 is 0 Å². The van der Waals surface area contributed by atoms with Crippen molar-refractivity contribution in [1.82, 2.24) is 30.2 Å². The maximum Gasteiger partial charge on any atom is 0.259 e. The molecule has 4 rings (SSSR count). The quantitative estimate of drug-likeness (QED) is 0.707. The number of anilines is 2. The van der Waals surface area contributed by atoms with Crippen LogP contribution in [0.1, 0.15) is 10.4 Å². The first kappa shape index (κ1) is 17.0. The van der Waals surface area contributed by atoms with Crippen molar-refractivity contribution in [2.45, 2.75) is 0 Å². The lowest BCUT2D eigenvalue weighted by Gasteiger charge is -2.28. The molecule has 136 valence electrons. The number of carbonyl (C=O) groups excluding carboxylic acids is 1. The Hall–Kier alpha value is -3.46. The van der Waals surface area contributed by atoms with E-state index in [1.54, 1.807) is 24.5 Å². The monoisotopic (exact) mass is 362 g/mol. The van der Waals surface area contributed by atoms with E-state index in [1.165, 1.54) is 6.33 Å². The molecule has 2 N–H and O–H groups in total. The van der Waals surface area contributed by atoms with E-state index >= 15 is 0 Å². The molecule has 0 aliphatic carbocycles. The molecule has 0 unspecified atom stereocenters. The summed E-state index contributed by atoms with van der Waals surface area (Å²) >= 11 is 0. The second-order valence-electron chi connectivity index (χ2n) is 5.94. The number of amides is 1. The Balaban J connectivity index is 1.46. The van der Waals surface area contributed by atoms with Gasteiger partial charge in [-0.2, -0.15) is 4.98 Å². The highest BCUT2D eigenvalue weighted by Crippen LogP contribution is 2.14. The fourth-order valence-electron chi connectivity index (χ4n) is 2.75. The molecule has 1 fully saturated rings. The molecule has 4 heterocycles. The predicted molar refractivity (Wildman–Crippen MR) is 100 cm³/mol. The summed E-state index contributed by atoms with van der Waals surface area (Å²) in [6, 6.07) is 9.05. The normalized spacial score (nSPS) is 14.0. The van der Waals surface area contributed by atoms with Crippen molar-refractivity contribution in [1.29, 1.82) is 0 Å². The van der Waals surface area contributed by atoms with Crippen LogP contribution in [0, 0.1) is 0 Å². The molecule has 0 saturated carbocycles. The Morgan fingerprint density at radius 2 is 1.93 bits per heavy atom. The van der Waals surface area contributed by atoms with Crippen LogP contribution in [0.15, 0.2) is 49.1 Å². The molecular weight excluding hydrogens is 344 g/mol. The Kier molecular flexibility index (Phi) is 4.93. The Labute approximate surface area is 155 Å². The molecule has 3 aromatic rings. The molecule has 1 aliphatic heterocycles. The molecule has 9 heteroatoms. The summed E-state index contributed by atoms with van der Waals surface area (Å²) in [6.07, 6.45) is 4.56. The second kappa shape index (κ2) is 7.83. The third-order valence-corrected chi connectivity index (χ3v) is 4.14. The van der Waals surface area contributed by atoms with Crippen molar-refractivity contribution in [3.63, 3.8) is 0 Å². The predicted octanol–water partition coefficient (Wildman–Crippen LogP) is 0.990. The van der Waals surface area contributed by atoms with Gasteiger partial charge in [0, 0.05) is 38.6 Å². The summed E-state index contributed by atoms with van der Waals surface area (Å²) in [4.78, 5) is 35.6. The zero-order chi connectivity index (χ0) is 18.5. The summed E-state index contributed by atoms with van der Waals surface area (Å²) in [7, 11) is 0. The van der Waals surface area contributed by atoms with Gasteiger partial charge < -0.3 is 10.2 Å². The van der Waals surface area contributed by atoms with Crippen molar-refractivity contribution < 1.29 is 4.79 Å². The molecule has 9 nitrogen and oxygen atoms in total. The zero-order valence-corrected chi connectivity index (χ0v) is 14.5. The van der Waals surface area contributed by atoms with Crippen LogP contribution in [0.4, 0.5) is 11.8 Å². The Bertz CT molecular complexity index is 910. The number of nitrogens with one attached hydrogen (secondary N) is 2. The minimum absolute atomic E-state index is 0.168. The van der Waals surface area contributed by atoms with Crippen LogP contribution in [0.5, 0.6) is 0 Å². The van der Waals surface area contributed by atoms with Crippen molar-refractivity contribution in [2.24, 2.45) is 0 Å². The standard InChI is InChI=1S/C18H18N8O/c27-17(13-4-5-15(21-11-13)26-9-7-19-8-10-26)25-18-23-12-22-16(24-18)14-3-1-2-6-20-14/h1-6,11-12,19H,7-10H2,(H,22,23,24,25,27). The first-order valence-electron chi connectivity index (χ1n) is 8.63. The van der Waals surface area contributed by atoms with Crippen LogP contribution in [0.25, 0.3) is 11.5 Å². The molecule has 27 heavy (non-hydrogen) atoms. The highest BCUT2D eigenvalue weighted by Gasteiger charge is 2.14. The molecule has 0 radical (unpaired) electrons. The summed E-state index contributed by atoms with van der Waals surface area (Å²) in [6.45, 7) is 3.67. The van der Waals surface area contributed by atoms with E-state index < -0.39 is 0 Å². The van der Waals surface area contributed by atoms with Crippen molar-refractivity contribution in [2.75, 3.05) is 36.4 Å². The van der Waals surface area contributed by atoms with Crippen LogP contribution in [0.3, 0.4) is 0 Å². The maximum absolute atomic E-state index is 12.5. The molecule has 0 atom stereocenters. The summed E-state index contributed by atoms with van der Waals surface area (Å²) in [5.74, 6) is 1.10. The first-order chi connectivity index (χ1) is 13.3. The number of rotatable bonds is 4. The number of hydrogen-bond acceptors (Lipinski definition) is 8. The maximum atomic E-state index is 12.5. The number of nitrogens with zero attached hydrogens (tertiary/aromatic N) is 6. The second-order valence-corrected chi connectivity index (χ2v) is 5.94. The van der Waals surface area contributed by atoms with Crippen LogP contribution in [0.2, 0.25) is 0 Å². The van der Waals surface area contributed by atoms with Gasteiger partial charge in [0.2, 0.25) is 5.95 Å². The fourth-order valence-corrected chi connectivity index (χ4v) is 2.75. The molecule has 1 amide bonds. The van der Waals surface area contributed by atoms with Gasteiger partial charge in [0.15, 0.2) is 5.82 Å². The highest BCUT2D eigenvalue weighted by molar-refractivity contribution is 6.03. The van der Waals surface area contributed by atoms with Gasteiger partial charge in [-0.15, -0.1) is 0 Å². The van der Waals surface area contributed by atoms with Gasteiger partial charge in [0.1, 0.15) is 17.8 Å². The molecular formula is C18H18N8O. The van der Waals surface area contributed by atoms with Crippen LogP contribution in [-0.4, -0.2) is 57.0 Å². The number of aromatic nitrogens is 5. The average molecular weight is 362 g/mol. The lowest BCUT2D eigenvalue weighted by Crippen LogP contribution is -2.43. The lowest BCUT2D eigenvalue weighted by atomic mass is 10.2. The lowest BCUT2D eigenvalue weighted by molar-refractivity contribution is 0.102. The number of pyridine rings is 2. The van der Waals surface area contributed by atoms with Crippen molar-refractivity contribution in [3.8, 4) is 11.5 Å². The van der Waals surface area contributed by atoms with Gasteiger partial charge in [-0.1, -0.05) is 6.07 Å². The van der Waals surface area contributed by atoms with E-state index in [2.05, 4.69) is 40.5 Å². The molecule has 3 aromatic heterocycles. The zero-order valence-electron chi connectivity index (χ0n) is 14.5. The molecule has 1 aliphatic rings. The van der Waals surface area contributed by atoms with Gasteiger partial charge in [0.05, 0.1) is 5.56 Å². The van der Waals surface area contributed by atoms with Gasteiger partial charge in [-0.05, 0) is 24.3 Å². The first-order valence-corrected chi connectivity index (χ1v) is 8.63. The Morgan fingerprint density at radius 3 is 2.67 bits per heavy atom. The number of carbonyl (C=O) groups is 1. The van der Waals surface area contributed by atoms with E-state index in [-0.39, 0.29) is 11.9 Å². The van der Waals surface area contributed by atoms with Crippen LogP contribution in [-0.2, 0) is 0 Å².